The fraction of sp³-hybridized carbons (Fsp3) is 0.750. The Balaban J connectivity index is 1.81. The van der Waals surface area contributed by atoms with Gasteiger partial charge >= 0.3 is 0 Å². The number of allylic oxidation sites excluding steroid dienone is 3. The van der Waals surface area contributed by atoms with Gasteiger partial charge in [0.2, 0.25) is 0 Å². The molecule has 26 heavy (non-hydrogen) atoms. The molecule has 2 unspecified atom stereocenters. The lowest BCUT2D eigenvalue weighted by Gasteiger charge is -2.48. The first-order chi connectivity index (χ1) is 12.2. The summed E-state index contributed by atoms with van der Waals surface area (Å²) in [5.41, 5.74) is 4.18. The Labute approximate surface area is 160 Å². The van der Waals surface area contributed by atoms with Gasteiger partial charge in [-0.25, -0.2) is 0 Å². The highest BCUT2D eigenvalue weighted by molar-refractivity contribution is 5.29. The predicted octanol–water partition coefficient (Wildman–Crippen LogP) is 5.56. The van der Waals surface area contributed by atoms with Gasteiger partial charge < -0.3 is 10.2 Å². The Morgan fingerprint density at radius 1 is 1.15 bits per heavy atom. The van der Waals surface area contributed by atoms with Gasteiger partial charge in [-0.1, -0.05) is 64.0 Å². The number of aliphatic hydroxyl groups is 2. The quantitative estimate of drug-likeness (QED) is 0.648. The Kier molecular flexibility index (Phi) is 5.57. The lowest BCUT2D eigenvalue weighted by molar-refractivity contribution is 0.0435. The number of aliphatic hydroxyl groups excluding tert-OH is 2. The van der Waals surface area contributed by atoms with Gasteiger partial charge in [0.25, 0.3) is 0 Å². The predicted molar refractivity (Wildman–Crippen MR) is 109 cm³/mol. The molecule has 0 aromatic rings. The zero-order valence-corrected chi connectivity index (χ0v) is 17.2. The van der Waals surface area contributed by atoms with Crippen LogP contribution in [0.3, 0.4) is 0 Å². The molecule has 5 atom stereocenters. The summed E-state index contributed by atoms with van der Waals surface area (Å²) in [6.45, 7) is 13.6. The second-order valence-electron chi connectivity index (χ2n) is 9.97. The van der Waals surface area contributed by atoms with Gasteiger partial charge in [-0.15, -0.1) is 0 Å². The molecule has 2 nitrogen and oxygen atoms in total. The van der Waals surface area contributed by atoms with Gasteiger partial charge in [0.15, 0.2) is 0 Å². The van der Waals surface area contributed by atoms with Crippen LogP contribution in [0.25, 0.3) is 0 Å². The normalized spacial score (nSPS) is 40.0. The van der Waals surface area contributed by atoms with Crippen molar-refractivity contribution in [2.75, 3.05) is 0 Å². The van der Waals surface area contributed by atoms with Crippen LogP contribution in [-0.2, 0) is 0 Å². The Morgan fingerprint density at radius 2 is 1.81 bits per heavy atom. The third kappa shape index (κ3) is 3.47. The van der Waals surface area contributed by atoms with Crippen LogP contribution in [-0.4, -0.2) is 22.4 Å². The van der Waals surface area contributed by atoms with E-state index in [0.717, 1.165) is 11.5 Å². The number of hydrogen-bond acceptors (Lipinski definition) is 2. The van der Waals surface area contributed by atoms with Gasteiger partial charge in [0, 0.05) is 0 Å². The van der Waals surface area contributed by atoms with Crippen molar-refractivity contribution in [2.45, 2.75) is 91.3 Å². The van der Waals surface area contributed by atoms with Crippen LogP contribution >= 0.6 is 0 Å². The van der Waals surface area contributed by atoms with Crippen molar-refractivity contribution in [3.8, 4) is 0 Å². The summed E-state index contributed by atoms with van der Waals surface area (Å²) >= 11 is 0. The van der Waals surface area contributed by atoms with Crippen molar-refractivity contribution in [1.29, 1.82) is 0 Å². The minimum atomic E-state index is -0.596. The van der Waals surface area contributed by atoms with Gasteiger partial charge in [0.1, 0.15) is 0 Å². The fourth-order valence-electron chi connectivity index (χ4n) is 6.20. The summed E-state index contributed by atoms with van der Waals surface area (Å²) in [5, 5.41) is 20.2. The van der Waals surface area contributed by atoms with E-state index in [1.54, 1.807) is 5.57 Å². The molecule has 0 bridgehead atoms. The van der Waals surface area contributed by atoms with Crippen LogP contribution in [0.5, 0.6) is 0 Å². The van der Waals surface area contributed by atoms with E-state index in [4.69, 9.17) is 0 Å². The van der Waals surface area contributed by atoms with E-state index in [9.17, 15) is 10.2 Å². The van der Waals surface area contributed by atoms with E-state index < -0.39 is 12.2 Å². The summed E-state index contributed by atoms with van der Waals surface area (Å²) < 4.78 is 0. The molecule has 0 aromatic heterocycles. The SMILES string of the molecule is C=C1[C@H](O)CC(=C/C=C2\CCC[C@@]3(C)C2CCC3C(C)(C)CC)C[C@H]1O. The molecule has 0 spiro atoms. The summed E-state index contributed by atoms with van der Waals surface area (Å²) in [7, 11) is 0. The highest BCUT2D eigenvalue weighted by atomic mass is 16.3. The molecule has 146 valence electrons. The molecule has 3 aliphatic rings. The number of fused-ring (bicyclic) bond motifs is 1. The fourth-order valence-corrected chi connectivity index (χ4v) is 6.20. The van der Waals surface area contributed by atoms with E-state index in [2.05, 4.69) is 46.4 Å². The Hall–Kier alpha value is -0.860. The van der Waals surface area contributed by atoms with Crippen molar-refractivity contribution in [3.63, 3.8) is 0 Å². The van der Waals surface area contributed by atoms with E-state index in [-0.39, 0.29) is 0 Å². The zero-order valence-electron chi connectivity index (χ0n) is 17.2. The molecule has 0 aliphatic heterocycles. The maximum absolute atomic E-state index is 10.1. The van der Waals surface area contributed by atoms with E-state index in [0.29, 0.717) is 35.2 Å². The van der Waals surface area contributed by atoms with Crippen LogP contribution in [0.1, 0.15) is 79.1 Å². The van der Waals surface area contributed by atoms with Gasteiger partial charge in [-0.2, -0.15) is 0 Å². The average Bonchev–Trinajstić information content (AvgIpc) is 2.96. The molecular weight excluding hydrogens is 320 g/mol. The van der Waals surface area contributed by atoms with Crippen LogP contribution in [0.4, 0.5) is 0 Å². The molecule has 3 saturated carbocycles. The minimum Gasteiger partial charge on any atom is -0.388 e. The lowest BCUT2D eigenvalue weighted by atomic mass is 9.57. The van der Waals surface area contributed by atoms with Crippen molar-refractivity contribution < 1.29 is 10.2 Å². The molecule has 0 aromatic carbocycles. The second kappa shape index (κ2) is 7.28. The third-order valence-corrected chi connectivity index (χ3v) is 8.12. The van der Waals surface area contributed by atoms with E-state index in [1.165, 1.54) is 38.5 Å². The standard InChI is InChI=1S/C24H38O2/c1-6-23(3,4)22-12-11-19-18(8-7-13-24(19,22)5)10-9-17-14-20(25)16(2)21(26)15-17/h9-10,19-22,25-26H,2,6-8,11-15H2,1,3-5H3/b18-10+/t19?,20-,21-,22?,24+/m1/s1. The highest BCUT2D eigenvalue weighted by Crippen LogP contribution is 2.62. The van der Waals surface area contributed by atoms with Gasteiger partial charge in [0.05, 0.1) is 12.2 Å². The summed E-state index contributed by atoms with van der Waals surface area (Å²) in [6, 6.07) is 0. The van der Waals surface area contributed by atoms with Crippen LogP contribution in [0.2, 0.25) is 0 Å². The van der Waals surface area contributed by atoms with E-state index in [1.807, 2.05) is 0 Å². The first-order valence-corrected chi connectivity index (χ1v) is 10.6. The first kappa shape index (κ1) is 19.9. The third-order valence-electron chi connectivity index (χ3n) is 8.12. The van der Waals surface area contributed by atoms with Crippen molar-refractivity contribution in [2.24, 2.45) is 22.7 Å². The molecular formula is C24H38O2. The molecule has 3 rings (SSSR count). The highest BCUT2D eigenvalue weighted by Gasteiger charge is 2.53. The molecule has 0 radical (unpaired) electrons. The van der Waals surface area contributed by atoms with Crippen LogP contribution in [0.15, 0.2) is 35.5 Å². The topological polar surface area (TPSA) is 40.5 Å². The largest absolute Gasteiger partial charge is 0.388 e. The Bertz CT molecular complexity index is 596. The maximum Gasteiger partial charge on any atom is 0.0809 e. The zero-order chi connectivity index (χ0) is 19.1. The smallest absolute Gasteiger partial charge is 0.0809 e. The maximum atomic E-state index is 10.1. The van der Waals surface area contributed by atoms with Crippen molar-refractivity contribution >= 4 is 0 Å². The van der Waals surface area contributed by atoms with Gasteiger partial charge in [-0.05, 0) is 73.2 Å². The average molecular weight is 359 g/mol. The summed E-state index contributed by atoms with van der Waals surface area (Å²) in [4.78, 5) is 0. The number of hydrogen-bond donors (Lipinski definition) is 2. The van der Waals surface area contributed by atoms with Crippen molar-refractivity contribution in [1.82, 2.24) is 0 Å². The second-order valence-corrected chi connectivity index (χ2v) is 9.97. The van der Waals surface area contributed by atoms with Crippen molar-refractivity contribution in [3.05, 3.63) is 35.5 Å². The van der Waals surface area contributed by atoms with Gasteiger partial charge in [-0.3, -0.25) is 0 Å². The molecule has 0 heterocycles. The monoisotopic (exact) mass is 358 g/mol. The minimum absolute atomic E-state index is 0.419. The summed E-state index contributed by atoms with van der Waals surface area (Å²) in [6.07, 6.45) is 12.4. The molecule has 0 amide bonds. The molecule has 3 aliphatic carbocycles. The van der Waals surface area contributed by atoms with Crippen LogP contribution < -0.4 is 0 Å². The molecule has 3 fully saturated rings. The molecule has 0 saturated heterocycles. The summed E-state index contributed by atoms with van der Waals surface area (Å²) in [5.74, 6) is 1.51. The Morgan fingerprint density at radius 3 is 2.42 bits per heavy atom. The first-order valence-electron chi connectivity index (χ1n) is 10.6. The number of rotatable bonds is 3. The van der Waals surface area contributed by atoms with E-state index >= 15 is 0 Å². The van der Waals surface area contributed by atoms with Crippen LogP contribution in [0, 0.1) is 22.7 Å². The molecule has 2 N–H and O–H groups in total. The lowest BCUT2D eigenvalue weighted by Crippen LogP contribution is -2.39. The molecule has 2 heteroatoms.